The third-order valence-electron chi connectivity index (χ3n) is 5.58. The predicted octanol–water partition coefficient (Wildman–Crippen LogP) is 6.00. The van der Waals surface area contributed by atoms with E-state index >= 15 is 0 Å². The highest BCUT2D eigenvalue weighted by Gasteiger charge is 2.34. The predicted molar refractivity (Wildman–Crippen MR) is 119 cm³/mol. The van der Waals surface area contributed by atoms with E-state index in [9.17, 15) is 25.0 Å². The minimum atomic E-state index is -0.462. The van der Waals surface area contributed by atoms with Crippen molar-refractivity contribution < 1.29 is 14.6 Å². The van der Waals surface area contributed by atoms with Crippen LogP contribution in [0.15, 0.2) is 59.7 Å². The molecule has 0 saturated heterocycles. The first-order chi connectivity index (χ1) is 14.5. The van der Waals surface area contributed by atoms with Gasteiger partial charge >= 0.3 is 0 Å². The normalized spacial score (nSPS) is 19.6. The van der Waals surface area contributed by atoms with Crippen LogP contribution in [-0.2, 0) is 4.79 Å². The fourth-order valence-corrected chi connectivity index (χ4v) is 3.71. The average Bonchev–Trinajstić information content (AvgIpc) is 2.70. The number of carbonyl (C=O) groups is 1. The number of hydrogen-bond donors (Lipinski definition) is 0. The molecule has 0 heterocycles. The maximum absolute atomic E-state index is 13.2. The van der Waals surface area contributed by atoms with Gasteiger partial charge in [0.1, 0.15) is 0 Å². The second-order valence-corrected chi connectivity index (χ2v) is 8.84. The molecule has 0 aliphatic heterocycles. The second kappa shape index (κ2) is 8.63. The van der Waals surface area contributed by atoms with Crippen LogP contribution in [0.4, 0.5) is 11.4 Å². The van der Waals surface area contributed by atoms with Crippen LogP contribution >= 0.6 is 0 Å². The van der Waals surface area contributed by atoms with Crippen molar-refractivity contribution in [1.29, 1.82) is 0 Å². The Morgan fingerprint density at radius 2 is 1.26 bits per heavy atom. The van der Waals surface area contributed by atoms with Gasteiger partial charge in [0.2, 0.25) is 0 Å². The molecule has 1 aliphatic carbocycles. The van der Waals surface area contributed by atoms with Crippen LogP contribution in [0.3, 0.4) is 0 Å². The lowest BCUT2D eigenvalue weighted by Gasteiger charge is -2.35. The van der Waals surface area contributed by atoms with Gasteiger partial charge in [0.05, 0.1) is 9.85 Å². The number of carbonyl (C=O) groups excluding carboxylic acids is 1. The third kappa shape index (κ3) is 5.31. The summed E-state index contributed by atoms with van der Waals surface area (Å²) in [6.07, 6.45) is 4.57. The lowest BCUT2D eigenvalue weighted by Crippen LogP contribution is -2.29. The van der Waals surface area contributed by atoms with Crippen LogP contribution < -0.4 is 0 Å². The zero-order valence-corrected chi connectivity index (χ0v) is 17.7. The van der Waals surface area contributed by atoms with E-state index in [4.69, 9.17) is 0 Å². The minimum absolute atomic E-state index is 0.0302. The first-order valence-corrected chi connectivity index (χ1v) is 9.99. The first kappa shape index (κ1) is 22.1. The van der Waals surface area contributed by atoms with E-state index in [1.807, 2.05) is 0 Å². The molecule has 31 heavy (non-hydrogen) atoms. The Morgan fingerprint density at radius 1 is 0.839 bits per heavy atom. The monoisotopic (exact) mass is 420 g/mol. The van der Waals surface area contributed by atoms with E-state index in [-0.39, 0.29) is 28.5 Å². The molecule has 0 spiro atoms. The van der Waals surface area contributed by atoms with Crippen LogP contribution in [0.25, 0.3) is 12.2 Å². The Kier molecular flexibility index (Phi) is 6.15. The zero-order chi connectivity index (χ0) is 22.8. The third-order valence-corrected chi connectivity index (χ3v) is 5.58. The number of Topliss-reactive ketones (excluding diaryl/α,β-unsaturated/α-hetero) is 1. The first-order valence-electron chi connectivity index (χ1n) is 9.99. The lowest BCUT2D eigenvalue weighted by atomic mass is 9.68. The molecule has 0 bridgehead atoms. The van der Waals surface area contributed by atoms with E-state index in [0.717, 1.165) is 0 Å². The van der Waals surface area contributed by atoms with Crippen LogP contribution in [0, 0.1) is 31.6 Å². The van der Waals surface area contributed by atoms with Gasteiger partial charge in [-0.1, -0.05) is 45.0 Å². The van der Waals surface area contributed by atoms with Crippen molar-refractivity contribution in [3.63, 3.8) is 0 Å². The molecule has 7 heteroatoms. The summed E-state index contributed by atoms with van der Waals surface area (Å²) in [6, 6.07) is 12.4. The Balaban J connectivity index is 2.04. The highest BCUT2D eigenvalue weighted by molar-refractivity contribution is 6.14. The summed E-state index contributed by atoms with van der Waals surface area (Å²) in [7, 11) is 0. The number of nitro benzene ring substituents is 2. The number of benzene rings is 2. The Bertz CT molecular complexity index is 1030. The van der Waals surface area contributed by atoms with Crippen molar-refractivity contribution >= 4 is 29.3 Å². The van der Waals surface area contributed by atoms with Gasteiger partial charge in [0, 0.05) is 35.4 Å². The van der Waals surface area contributed by atoms with Gasteiger partial charge in [-0.3, -0.25) is 25.0 Å². The minimum Gasteiger partial charge on any atom is -0.289 e. The standard InChI is InChI=1S/C24H24N2O5/c1-24(2,3)20-14-18(10-16-6-4-8-21(12-16)25(28)29)23(27)19(15-20)11-17-7-5-9-22(13-17)26(30)31/h4-13,20H,14-15H2,1-3H3/b18-10-,19-11+. The van der Waals surface area contributed by atoms with Gasteiger partial charge in [-0.15, -0.1) is 0 Å². The van der Waals surface area contributed by atoms with E-state index < -0.39 is 9.85 Å². The Morgan fingerprint density at radius 3 is 1.61 bits per heavy atom. The number of hydrogen-bond acceptors (Lipinski definition) is 5. The second-order valence-electron chi connectivity index (χ2n) is 8.84. The van der Waals surface area contributed by atoms with Gasteiger partial charge in [-0.2, -0.15) is 0 Å². The van der Waals surface area contributed by atoms with Gasteiger partial charge in [-0.05, 0) is 47.5 Å². The van der Waals surface area contributed by atoms with E-state index in [1.165, 1.54) is 24.3 Å². The number of ketones is 1. The quantitative estimate of drug-likeness (QED) is 0.343. The Hall–Kier alpha value is -3.61. The van der Waals surface area contributed by atoms with Crippen LogP contribution in [0.2, 0.25) is 0 Å². The average molecular weight is 420 g/mol. The molecule has 160 valence electrons. The smallest absolute Gasteiger partial charge is 0.270 e. The molecule has 0 amide bonds. The number of rotatable bonds is 4. The van der Waals surface area contributed by atoms with Crippen LogP contribution in [0.5, 0.6) is 0 Å². The van der Waals surface area contributed by atoms with Crippen molar-refractivity contribution in [2.24, 2.45) is 11.3 Å². The molecule has 1 saturated carbocycles. The van der Waals surface area contributed by atoms with Crippen molar-refractivity contribution in [3.8, 4) is 0 Å². The number of nitrogens with zero attached hydrogens (tertiary/aromatic N) is 2. The molecule has 2 aromatic rings. The molecule has 1 unspecified atom stereocenters. The van der Waals surface area contributed by atoms with Gasteiger partial charge in [0.25, 0.3) is 11.4 Å². The molecular formula is C24H24N2O5. The van der Waals surface area contributed by atoms with Crippen molar-refractivity contribution in [1.82, 2.24) is 0 Å². The van der Waals surface area contributed by atoms with Crippen molar-refractivity contribution in [2.45, 2.75) is 33.6 Å². The molecule has 3 rings (SSSR count). The van der Waals surface area contributed by atoms with Crippen LogP contribution in [0.1, 0.15) is 44.7 Å². The summed E-state index contributed by atoms with van der Waals surface area (Å²) in [4.78, 5) is 34.5. The molecule has 1 atom stereocenters. The topological polar surface area (TPSA) is 103 Å². The molecule has 1 fully saturated rings. The fraction of sp³-hybridized carbons (Fsp3) is 0.292. The summed E-state index contributed by atoms with van der Waals surface area (Å²) >= 11 is 0. The molecular weight excluding hydrogens is 396 g/mol. The number of allylic oxidation sites excluding steroid dienone is 2. The summed E-state index contributed by atoms with van der Waals surface area (Å²) < 4.78 is 0. The summed E-state index contributed by atoms with van der Waals surface area (Å²) in [5.74, 6) is 0.0543. The fourth-order valence-electron chi connectivity index (χ4n) is 3.71. The summed E-state index contributed by atoms with van der Waals surface area (Å²) in [5.41, 5.74) is 2.24. The van der Waals surface area contributed by atoms with E-state index in [0.29, 0.717) is 35.1 Å². The van der Waals surface area contributed by atoms with Crippen molar-refractivity contribution in [2.75, 3.05) is 0 Å². The maximum atomic E-state index is 13.2. The Labute approximate surface area is 180 Å². The van der Waals surface area contributed by atoms with E-state index in [1.54, 1.807) is 36.4 Å². The molecule has 0 aromatic heterocycles. The summed E-state index contributed by atoms with van der Waals surface area (Å²) in [5, 5.41) is 22.2. The molecule has 1 aliphatic rings. The van der Waals surface area contributed by atoms with E-state index in [2.05, 4.69) is 20.8 Å². The van der Waals surface area contributed by atoms with Crippen LogP contribution in [-0.4, -0.2) is 15.6 Å². The molecule has 7 nitrogen and oxygen atoms in total. The summed E-state index contributed by atoms with van der Waals surface area (Å²) in [6.45, 7) is 6.34. The van der Waals surface area contributed by atoms with Crippen molar-refractivity contribution in [3.05, 3.63) is 91.0 Å². The molecule has 2 aromatic carbocycles. The number of nitro groups is 2. The SMILES string of the molecule is CC(C)(C)C1C/C(=C/c2cccc([N+](=O)[O-])c2)C(=O)/C(=C/c2cccc([N+](=O)[O-])c2)C1. The number of non-ortho nitro benzene ring substituents is 2. The van der Waals surface area contributed by atoms with Gasteiger partial charge in [-0.25, -0.2) is 0 Å². The maximum Gasteiger partial charge on any atom is 0.270 e. The molecule has 0 radical (unpaired) electrons. The van der Waals surface area contributed by atoms with Gasteiger partial charge in [0.15, 0.2) is 5.78 Å². The van der Waals surface area contributed by atoms with Gasteiger partial charge < -0.3 is 0 Å². The lowest BCUT2D eigenvalue weighted by molar-refractivity contribution is -0.385. The molecule has 0 N–H and O–H groups in total. The zero-order valence-electron chi connectivity index (χ0n) is 17.7. The highest BCUT2D eigenvalue weighted by atomic mass is 16.6. The largest absolute Gasteiger partial charge is 0.289 e. The highest BCUT2D eigenvalue weighted by Crippen LogP contribution is 2.42.